The van der Waals surface area contributed by atoms with Gasteiger partial charge in [-0.25, -0.2) is 4.98 Å². The molecule has 0 atom stereocenters. The van der Waals surface area contributed by atoms with Gasteiger partial charge in [-0.15, -0.1) is 10.2 Å². The molecule has 1 saturated heterocycles. The van der Waals surface area contributed by atoms with Gasteiger partial charge in [0.25, 0.3) is 5.78 Å². The minimum absolute atomic E-state index is 0.154. The predicted octanol–water partition coefficient (Wildman–Crippen LogP) is 2.16. The molecule has 1 aliphatic heterocycles. The molecule has 0 aromatic carbocycles. The maximum atomic E-state index is 4.53. The van der Waals surface area contributed by atoms with Crippen LogP contribution in [0.25, 0.3) is 5.78 Å². The van der Waals surface area contributed by atoms with Crippen molar-refractivity contribution in [2.24, 2.45) is 0 Å². The summed E-state index contributed by atoms with van der Waals surface area (Å²) in [6.45, 7) is 8.51. The molecule has 5 heteroatoms. The van der Waals surface area contributed by atoms with Crippen molar-refractivity contribution in [2.75, 3.05) is 13.1 Å². The smallest absolute Gasteiger partial charge is 0.255 e. The molecular weight excluding hydrogens is 250 g/mol. The third-order valence-corrected chi connectivity index (χ3v) is 4.46. The van der Waals surface area contributed by atoms with E-state index >= 15 is 0 Å². The molecule has 0 bridgehead atoms. The van der Waals surface area contributed by atoms with Crippen molar-refractivity contribution in [3.8, 4) is 0 Å². The normalized spacial score (nSPS) is 18.6. The van der Waals surface area contributed by atoms with Gasteiger partial charge in [-0.1, -0.05) is 13.3 Å². The quantitative estimate of drug-likeness (QED) is 0.931. The van der Waals surface area contributed by atoms with E-state index in [1.807, 2.05) is 6.92 Å². The van der Waals surface area contributed by atoms with E-state index in [4.69, 9.17) is 0 Å². The summed E-state index contributed by atoms with van der Waals surface area (Å²) in [5.41, 5.74) is 2.34. The van der Waals surface area contributed by atoms with Crippen LogP contribution in [0.3, 0.4) is 0 Å². The molecule has 5 nitrogen and oxygen atoms in total. The Morgan fingerprint density at radius 3 is 2.70 bits per heavy atom. The lowest BCUT2D eigenvalue weighted by molar-refractivity contribution is 0.268. The number of aryl methyl sites for hydroxylation is 2. The van der Waals surface area contributed by atoms with Crippen LogP contribution in [0.5, 0.6) is 0 Å². The molecular formula is C15H23N5. The third kappa shape index (κ3) is 2.10. The van der Waals surface area contributed by atoms with Crippen molar-refractivity contribution in [2.45, 2.75) is 51.9 Å². The second-order valence-electron chi connectivity index (χ2n) is 5.98. The first-order valence-corrected chi connectivity index (χ1v) is 7.57. The highest BCUT2D eigenvalue weighted by Crippen LogP contribution is 2.37. The summed E-state index contributed by atoms with van der Waals surface area (Å²) in [6, 6.07) is 2.11. The standard InChI is InChI=1S/C15H23N5/c1-4-5-15(6-8-16-9-7-15)13-18-19-14-17-11(2)10-12(3)20(13)14/h10,16H,4-9H2,1-3H3. The summed E-state index contributed by atoms with van der Waals surface area (Å²) < 4.78 is 2.16. The molecule has 1 fully saturated rings. The van der Waals surface area contributed by atoms with Gasteiger partial charge in [0.15, 0.2) is 0 Å². The molecule has 3 rings (SSSR count). The van der Waals surface area contributed by atoms with E-state index in [0.29, 0.717) is 0 Å². The van der Waals surface area contributed by atoms with Crippen LogP contribution in [-0.4, -0.2) is 32.7 Å². The van der Waals surface area contributed by atoms with Gasteiger partial charge in [0.1, 0.15) is 5.82 Å². The average Bonchev–Trinajstić information content (AvgIpc) is 2.84. The van der Waals surface area contributed by atoms with Crippen LogP contribution in [0.4, 0.5) is 0 Å². The van der Waals surface area contributed by atoms with E-state index in [0.717, 1.165) is 43.2 Å². The molecule has 2 aromatic heterocycles. The van der Waals surface area contributed by atoms with Crippen LogP contribution in [0, 0.1) is 13.8 Å². The fourth-order valence-electron chi connectivity index (χ4n) is 3.54. The van der Waals surface area contributed by atoms with E-state index in [9.17, 15) is 0 Å². The van der Waals surface area contributed by atoms with E-state index in [2.05, 4.69) is 44.8 Å². The number of aromatic nitrogens is 4. The first-order valence-electron chi connectivity index (χ1n) is 7.57. The van der Waals surface area contributed by atoms with Gasteiger partial charge in [0, 0.05) is 16.8 Å². The van der Waals surface area contributed by atoms with E-state index in [1.165, 1.54) is 18.5 Å². The topological polar surface area (TPSA) is 55.1 Å². The Bertz CT molecular complexity index is 604. The fraction of sp³-hybridized carbons (Fsp3) is 0.667. The number of nitrogens with zero attached hydrogens (tertiary/aromatic N) is 4. The van der Waals surface area contributed by atoms with Crippen molar-refractivity contribution >= 4 is 5.78 Å². The van der Waals surface area contributed by atoms with Crippen molar-refractivity contribution in [3.63, 3.8) is 0 Å². The Morgan fingerprint density at radius 1 is 1.25 bits per heavy atom. The zero-order valence-corrected chi connectivity index (χ0v) is 12.6. The van der Waals surface area contributed by atoms with Gasteiger partial charge in [0.05, 0.1) is 0 Å². The monoisotopic (exact) mass is 273 g/mol. The zero-order valence-electron chi connectivity index (χ0n) is 12.6. The molecule has 0 radical (unpaired) electrons. The second kappa shape index (κ2) is 5.13. The lowest BCUT2D eigenvalue weighted by Gasteiger charge is -2.36. The minimum Gasteiger partial charge on any atom is -0.317 e. The summed E-state index contributed by atoms with van der Waals surface area (Å²) in [5, 5.41) is 12.3. The van der Waals surface area contributed by atoms with Crippen LogP contribution < -0.4 is 5.32 Å². The molecule has 0 amide bonds. The van der Waals surface area contributed by atoms with Gasteiger partial charge >= 0.3 is 0 Å². The van der Waals surface area contributed by atoms with Gasteiger partial charge < -0.3 is 5.32 Å². The van der Waals surface area contributed by atoms with E-state index in [-0.39, 0.29) is 5.41 Å². The number of nitrogens with one attached hydrogen (secondary N) is 1. The molecule has 0 saturated carbocycles. The zero-order chi connectivity index (χ0) is 14.2. The van der Waals surface area contributed by atoms with Crippen molar-refractivity contribution in [1.82, 2.24) is 24.9 Å². The largest absolute Gasteiger partial charge is 0.317 e. The van der Waals surface area contributed by atoms with Crippen LogP contribution in [0.15, 0.2) is 6.07 Å². The molecule has 0 unspecified atom stereocenters. The molecule has 108 valence electrons. The SMILES string of the molecule is CCCC1(c2nnc3nc(C)cc(C)n23)CCNCC1. The number of hydrogen-bond donors (Lipinski definition) is 1. The third-order valence-electron chi connectivity index (χ3n) is 4.46. The van der Waals surface area contributed by atoms with Crippen molar-refractivity contribution in [3.05, 3.63) is 23.3 Å². The number of piperidine rings is 1. The lowest BCUT2D eigenvalue weighted by atomic mass is 9.74. The Balaban J connectivity index is 2.16. The van der Waals surface area contributed by atoms with Gasteiger partial charge in [0.2, 0.25) is 0 Å². The van der Waals surface area contributed by atoms with Gasteiger partial charge in [-0.3, -0.25) is 4.40 Å². The Morgan fingerprint density at radius 2 is 2.00 bits per heavy atom. The van der Waals surface area contributed by atoms with Crippen LogP contribution in [-0.2, 0) is 5.41 Å². The molecule has 0 spiro atoms. The predicted molar refractivity (Wildman–Crippen MR) is 78.9 cm³/mol. The summed E-state index contributed by atoms with van der Waals surface area (Å²) in [5.74, 6) is 1.85. The molecule has 3 heterocycles. The summed E-state index contributed by atoms with van der Waals surface area (Å²) in [7, 11) is 0. The summed E-state index contributed by atoms with van der Waals surface area (Å²) in [4.78, 5) is 4.52. The minimum atomic E-state index is 0.154. The maximum absolute atomic E-state index is 4.53. The van der Waals surface area contributed by atoms with Crippen molar-refractivity contribution in [1.29, 1.82) is 0 Å². The highest BCUT2D eigenvalue weighted by molar-refractivity contribution is 5.35. The van der Waals surface area contributed by atoms with E-state index < -0.39 is 0 Å². The van der Waals surface area contributed by atoms with Gasteiger partial charge in [-0.05, 0) is 52.3 Å². The molecule has 1 aliphatic rings. The Labute approximate surface area is 119 Å². The molecule has 2 aromatic rings. The van der Waals surface area contributed by atoms with Crippen LogP contribution in [0.1, 0.15) is 49.8 Å². The molecule has 1 N–H and O–H groups in total. The Kier molecular flexibility index (Phi) is 3.46. The van der Waals surface area contributed by atoms with Crippen molar-refractivity contribution < 1.29 is 0 Å². The van der Waals surface area contributed by atoms with Crippen LogP contribution in [0.2, 0.25) is 0 Å². The van der Waals surface area contributed by atoms with Gasteiger partial charge in [-0.2, -0.15) is 0 Å². The number of hydrogen-bond acceptors (Lipinski definition) is 4. The van der Waals surface area contributed by atoms with E-state index in [1.54, 1.807) is 0 Å². The fourth-order valence-corrected chi connectivity index (χ4v) is 3.54. The summed E-state index contributed by atoms with van der Waals surface area (Å²) >= 11 is 0. The summed E-state index contributed by atoms with van der Waals surface area (Å²) in [6.07, 6.45) is 4.61. The average molecular weight is 273 g/mol. The highest BCUT2D eigenvalue weighted by atomic mass is 15.3. The maximum Gasteiger partial charge on any atom is 0.255 e. The number of fused-ring (bicyclic) bond motifs is 1. The molecule has 20 heavy (non-hydrogen) atoms. The number of rotatable bonds is 3. The first-order chi connectivity index (χ1) is 9.66. The second-order valence-corrected chi connectivity index (χ2v) is 5.98. The Hall–Kier alpha value is -1.49. The van der Waals surface area contributed by atoms with Crippen LogP contribution >= 0.6 is 0 Å². The highest BCUT2D eigenvalue weighted by Gasteiger charge is 2.37. The lowest BCUT2D eigenvalue weighted by Crippen LogP contribution is -2.41. The first kappa shape index (κ1) is 13.5. The molecule has 0 aliphatic carbocycles.